The fourth-order valence-electron chi connectivity index (χ4n) is 2.26. The first-order valence-electron chi connectivity index (χ1n) is 6.57. The molecule has 0 aliphatic carbocycles. The lowest BCUT2D eigenvalue weighted by Crippen LogP contribution is -2.14. The molecule has 3 rings (SSSR count). The third-order valence-electron chi connectivity index (χ3n) is 3.29. The van der Waals surface area contributed by atoms with Crippen molar-refractivity contribution in [1.29, 1.82) is 0 Å². The molecule has 0 aliphatic heterocycles. The molecule has 0 atom stereocenters. The molecule has 9 heteroatoms. The van der Waals surface area contributed by atoms with Crippen molar-refractivity contribution in [2.24, 2.45) is 7.05 Å². The van der Waals surface area contributed by atoms with Crippen molar-refractivity contribution in [1.82, 2.24) is 14.2 Å². The van der Waals surface area contributed by atoms with Gasteiger partial charge in [-0.3, -0.25) is 9.48 Å². The van der Waals surface area contributed by atoms with Crippen LogP contribution in [0.2, 0.25) is 0 Å². The number of carbonyl (C=O) groups is 1. The molecule has 5 nitrogen and oxygen atoms in total. The molecule has 0 bridgehead atoms. The highest BCUT2D eigenvalue weighted by Crippen LogP contribution is 2.34. The zero-order chi connectivity index (χ0) is 16.6. The quantitative estimate of drug-likeness (QED) is 0.709. The molecule has 3 aromatic rings. The minimum absolute atomic E-state index is 0.218. The number of aryl methyl sites for hydroxylation is 1. The molecule has 1 N–H and O–H groups in total. The highest BCUT2D eigenvalue weighted by atomic mass is 32.2. The Morgan fingerprint density at radius 3 is 2.83 bits per heavy atom. The van der Waals surface area contributed by atoms with Gasteiger partial charge in [-0.2, -0.15) is 9.47 Å². The van der Waals surface area contributed by atoms with Crippen LogP contribution in [0.25, 0.3) is 10.9 Å². The van der Waals surface area contributed by atoms with Crippen molar-refractivity contribution in [3.8, 4) is 0 Å². The average molecular weight is 368 g/mol. The van der Waals surface area contributed by atoms with Gasteiger partial charge < -0.3 is 5.32 Å². The van der Waals surface area contributed by atoms with E-state index >= 15 is 0 Å². The van der Waals surface area contributed by atoms with Crippen LogP contribution < -0.4 is 5.32 Å². The zero-order valence-corrected chi connectivity index (χ0v) is 15.0. The molecule has 120 valence electrons. The third kappa shape index (κ3) is 2.84. The molecule has 1 amide bonds. The van der Waals surface area contributed by atoms with Crippen molar-refractivity contribution in [3.63, 3.8) is 0 Å². The Labute approximate surface area is 144 Å². The number of nitrogens with one attached hydrogen (secondary N) is 1. The van der Waals surface area contributed by atoms with Crippen molar-refractivity contribution >= 4 is 57.7 Å². The van der Waals surface area contributed by atoms with E-state index in [1.807, 2.05) is 12.5 Å². The normalized spacial score (nSPS) is 11.1. The molecule has 0 saturated carbocycles. The molecule has 0 spiro atoms. The van der Waals surface area contributed by atoms with Crippen LogP contribution in [0, 0.1) is 5.82 Å². The van der Waals surface area contributed by atoms with Gasteiger partial charge in [0.2, 0.25) is 0 Å². The third-order valence-corrected chi connectivity index (χ3v) is 6.03. The average Bonchev–Trinajstić information content (AvgIpc) is 3.09. The van der Waals surface area contributed by atoms with E-state index in [9.17, 15) is 9.18 Å². The van der Waals surface area contributed by atoms with E-state index in [0.717, 1.165) is 4.21 Å². The van der Waals surface area contributed by atoms with E-state index in [4.69, 9.17) is 0 Å². The second-order valence-corrected chi connectivity index (χ2v) is 7.26. The Kier molecular flexibility index (Phi) is 4.60. The van der Waals surface area contributed by atoms with Gasteiger partial charge in [-0.15, -0.1) is 23.5 Å². The SMILES string of the molecule is CSc1nsc(SC)c1C(=O)Nc1nn(C)c2cccc(F)c12. The summed E-state index contributed by atoms with van der Waals surface area (Å²) in [6.07, 6.45) is 3.76. The maximum absolute atomic E-state index is 14.1. The van der Waals surface area contributed by atoms with Crippen molar-refractivity contribution in [2.75, 3.05) is 17.8 Å². The lowest BCUT2D eigenvalue weighted by Gasteiger charge is -2.04. The fraction of sp³-hybridized carbons (Fsp3) is 0.214. The smallest absolute Gasteiger partial charge is 0.261 e. The van der Waals surface area contributed by atoms with Crippen LogP contribution in [-0.2, 0) is 7.05 Å². The van der Waals surface area contributed by atoms with E-state index in [1.165, 1.54) is 41.1 Å². The standard InChI is InChI=1S/C14H13FN4OS3/c1-19-8-6-4-5-7(15)9(8)11(17-19)16-12(20)10-13(21-2)18-23-14(10)22-3/h4-6H,1-3H3,(H,16,17,20). The van der Waals surface area contributed by atoms with Gasteiger partial charge in [0.1, 0.15) is 10.8 Å². The first-order valence-corrected chi connectivity index (χ1v) is 9.79. The van der Waals surface area contributed by atoms with Crippen molar-refractivity contribution in [3.05, 3.63) is 29.6 Å². The number of amides is 1. The number of benzene rings is 1. The minimum Gasteiger partial charge on any atom is -0.304 e. The van der Waals surface area contributed by atoms with E-state index in [1.54, 1.807) is 23.9 Å². The summed E-state index contributed by atoms with van der Waals surface area (Å²) >= 11 is 4.16. The fourth-order valence-corrected chi connectivity index (χ4v) is 4.54. The largest absolute Gasteiger partial charge is 0.304 e. The van der Waals surface area contributed by atoms with Crippen LogP contribution in [0.15, 0.2) is 27.4 Å². The topological polar surface area (TPSA) is 59.8 Å². The van der Waals surface area contributed by atoms with Crippen LogP contribution in [0.1, 0.15) is 10.4 Å². The maximum atomic E-state index is 14.1. The molecule has 2 aromatic heterocycles. The summed E-state index contributed by atoms with van der Waals surface area (Å²) in [5.74, 6) is -0.517. The second kappa shape index (κ2) is 6.50. The summed E-state index contributed by atoms with van der Waals surface area (Å²) in [5, 5.41) is 7.93. The number of halogens is 1. The number of hydrogen-bond acceptors (Lipinski definition) is 6. The van der Waals surface area contributed by atoms with Gasteiger partial charge in [0, 0.05) is 7.05 Å². The summed E-state index contributed by atoms with van der Waals surface area (Å²) in [5.41, 5.74) is 1.14. The summed E-state index contributed by atoms with van der Waals surface area (Å²) in [6, 6.07) is 4.73. The van der Waals surface area contributed by atoms with E-state index in [2.05, 4.69) is 14.8 Å². The van der Waals surface area contributed by atoms with Crippen LogP contribution in [0.4, 0.5) is 10.2 Å². The Morgan fingerprint density at radius 1 is 1.35 bits per heavy atom. The number of nitrogens with zero attached hydrogens (tertiary/aromatic N) is 3. The summed E-state index contributed by atoms with van der Waals surface area (Å²) < 4.78 is 20.8. The highest BCUT2D eigenvalue weighted by Gasteiger charge is 2.22. The predicted molar refractivity (Wildman–Crippen MR) is 94.3 cm³/mol. The Balaban J connectivity index is 2.03. The molecule has 0 fully saturated rings. The number of anilines is 1. The van der Waals surface area contributed by atoms with Crippen LogP contribution in [-0.4, -0.2) is 32.6 Å². The number of thioether (sulfide) groups is 2. The van der Waals surface area contributed by atoms with Gasteiger partial charge in [-0.1, -0.05) is 6.07 Å². The highest BCUT2D eigenvalue weighted by molar-refractivity contribution is 8.01. The van der Waals surface area contributed by atoms with Crippen LogP contribution in [0.5, 0.6) is 0 Å². The van der Waals surface area contributed by atoms with Gasteiger partial charge in [-0.05, 0) is 36.2 Å². The monoisotopic (exact) mass is 368 g/mol. The van der Waals surface area contributed by atoms with Crippen molar-refractivity contribution in [2.45, 2.75) is 9.24 Å². The molecule has 0 unspecified atom stereocenters. The molecule has 1 aromatic carbocycles. The lowest BCUT2D eigenvalue weighted by atomic mass is 10.2. The van der Waals surface area contributed by atoms with Gasteiger partial charge in [-0.25, -0.2) is 4.39 Å². The van der Waals surface area contributed by atoms with Crippen molar-refractivity contribution < 1.29 is 9.18 Å². The Hall–Kier alpha value is -1.58. The Morgan fingerprint density at radius 2 is 2.13 bits per heavy atom. The molecule has 0 saturated heterocycles. The van der Waals surface area contributed by atoms with Gasteiger partial charge in [0.25, 0.3) is 5.91 Å². The first-order chi connectivity index (χ1) is 11.1. The molecule has 0 radical (unpaired) electrons. The summed E-state index contributed by atoms with van der Waals surface area (Å²) in [6.45, 7) is 0. The predicted octanol–water partition coefficient (Wildman–Crippen LogP) is 3.87. The minimum atomic E-state index is -0.412. The maximum Gasteiger partial charge on any atom is 0.261 e. The molecule has 0 aliphatic rings. The summed E-state index contributed by atoms with van der Waals surface area (Å²) in [4.78, 5) is 12.7. The van der Waals surface area contributed by atoms with Crippen LogP contribution in [0.3, 0.4) is 0 Å². The van der Waals surface area contributed by atoms with Crippen LogP contribution >= 0.6 is 35.1 Å². The first kappa shape index (κ1) is 16.3. The van der Waals surface area contributed by atoms with Gasteiger partial charge >= 0.3 is 0 Å². The number of aromatic nitrogens is 3. The number of hydrogen-bond donors (Lipinski definition) is 1. The zero-order valence-electron chi connectivity index (χ0n) is 12.6. The van der Waals surface area contributed by atoms with Gasteiger partial charge in [0.15, 0.2) is 5.82 Å². The lowest BCUT2D eigenvalue weighted by molar-refractivity contribution is 0.102. The number of rotatable bonds is 4. The second-order valence-electron chi connectivity index (χ2n) is 4.62. The van der Waals surface area contributed by atoms with Gasteiger partial charge in [0.05, 0.1) is 20.7 Å². The summed E-state index contributed by atoms with van der Waals surface area (Å²) in [7, 11) is 1.71. The molecular weight excluding hydrogens is 355 g/mol. The molecule has 23 heavy (non-hydrogen) atoms. The van der Waals surface area contributed by atoms with E-state index in [0.29, 0.717) is 21.5 Å². The van der Waals surface area contributed by atoms with E-state index in [-0.39, 0.29) is 11.7 Å². The number of carbonyl (C=O) groups excluding carboxylic acids is 1. The Bertz CT molecular complexity index is 868. The number of fused-ring (bicyclic) bond motifs is 1. The molecular formula is C14H13FN4OS3. The van der Waals surface area contributed by atoms with E-state index < -0.39 is 5.82 Å². The molecule has 2 heterocycles.